The van der Waals surface area contributed by atoms with Gasteiger partial charge in [-0.15, -0.1) is 6.58 Å². The van der Waals surface area contributed by atoms with Gasteiger partial charge >= 0.3 is 0 Å². The largest absolute Gasteiger partial charge is 0.327 e. The topological polar surface area (TPSA) is 43.1 Å². The number of nitrogens with two attached hydrogens (primary N) is 1. The first-order chi connectivity index (χ1) is 8.25. The van der Waals surface area contributed by atoms with Gasteiger partial charge in [-0.3, -0.25) is 4.79 Å². The van der Waals surface area contributed by atoms with Crippen molar-refractivity contribution < 1.29 is 4.79 Å². The molecule has 1 saturated carbocycles. The van der Waals surface area contributed by atoms with Gasteiger partial charge in [0.1, 0.15) is 5.78 Å². The molecule has 0 radical (unpaired) electrons. The molecule has 0 spiro atoms. The van der Waals surface area contributed by atoms with Crippen LogP contribution < -0.4 is 5.73 Å². The van der Waals surface area contributed by atoms with Crippen LogP contribution in [0.1, 0.15) is 64.2 Å². The van der Waals surface area contributed by atoms with Gasteiger partial charge in [0.2, 0.25) is 0 Å². The summed E-state index contributed by atoms with van der Waals surface area (Å²) >= 11 is 0. The summed E-state index contributed by atoms with van der Waals surface area (Å²) in [6.07, 6.45) is 12.7. The lowest BCUT2D eigenvalue weighted by Crippen LogP contribution is -2.34. The Balaban J connectivity index is 2.22. The summed E-state index contributed by atoms with van der Waals surface area (Å²) in [6, 6.07) is 0.123. The maximum absolute atomic E-state index is 12.1. The number of ketones is 1. The molecule has 1 rings (SSSR count). The highest BCUT2D eigenvalue weighted by Gasteiger charge is 2.25. The van der Waals surface area contributed by atoms with Gasteiger partial charge in [-0.25, -0.2) is 0 Å². The number of carbonyl (C=O) groups excluding carboxylic acids is 1. The van der Waals surface area contributed by atoms with Crippen molar-refractivity contribution in [3.8, 4) is 0 Å². The molecular formula is C15H27NO. The second-order valence-corrected chi connectivity index (χ2v) is 5.26. The maximum atomic E-state index is 12.1. The minimum absolute atomic E-state index is 0.123. The number of carbonyl (C=O) groups is 1. The summed E-state index contributed by atoms with van der Waals surface area (Å²) in [4.78, 5) is 12.1. The molecule has 0 aromatic rings. The Bertz CT molecular complexity index is 237. The maximum Gasteiger partial charge on any atom is 0.137 e. The number of allylic oxidation sites excluding steroid dienone is 1. The van der Waals surface area contributed by atoms with Gasteiger partial charge in [0.15, 0.2) is 0 Å². The van der Waals surface area contributed by atoms with Gasteiger partial charge in [-0.2, -0.15) is 0 Å². The van der Waals surface area contributed by atoms with Crippen LogP contribution in [0.2, 0.25) is 0 Å². The first-order valence-corrected chi connectivity index (χ1v) is 7.15. The second-order valence-electron chi connectivity index (χ2n) is 5.26. The monoisotopic (exact) mass is 237 g/mol. The summed E-state index contributed by atoms with van der Waals surface area (Å²) in [7, 11) is 0. The van der Waals surface area contributed by atoms with Crippen LogP contribution >= 0.6 is 0 Å². The van der Waals surface area contributed by atoms with Gasteiger partial charge in [0.25, 0.3) is 0 Å². The zero-order valence-corrected chi connectivity index (χ0v) is 11.0. The average Bonchev–Trinajstić information content (AvgIpc) is 2.53. The molecular weight excluding hydrogens is 210 g/mol. The minimum Gasteiger partial charge on any atom is -0.327 e. The van der Waals surface area contributed by atoms with E-state index in [1.807, 2.05) is 6.08 Å². The van der Waals surface area contributed by atoms with Crippen LogP contribution in [0.3, 0.4) is 0 Å². The van der Waals surface area contributed by atoms with E-state index in [0.29, 0.717) is 5.78 Å². The molecule has 2 heteroatoms. The van der Waals surface area contributed by atoms with Crippen LogP contribution in [-0.4, -0.2) is 11.8 Å². The summed E-state index contributed by atoms with van der Waals surface area (Å²) in [5.74, 6) is 0.565. The molecule has 0 aromatic carbocycles. The molecule has 98 valence electrons. The van der Waals surface area contributed by atoms with Crippen molar-refractivity contribution in [1.29, 1.82) is 0 Å². The van der Waals surface area contributed by atoms with E-state index >= 15 is 0 Å². The Labute approximate surface area is 106 Å². The molecule has 2 N–H and O–H groups in total. The first-order valence-electron chi connectivity index (χ1n) is 7.15. The third-order valence-corrected chi connectivity index (χ3v) is 3.81. The highest BCUT2D eigenvalue weighted by Crippen LogP contribution is 2.24. The zero-order chi connectivity index (χ0) is 12.5. The zero-order valence-electron chi connectivity index (χ0n) is 11.0. The van der Waals surface area contributed by atoms with Crippen LogP contribution in [0.15, 0.2) is 12.7 Å². The van der Waals surface area contributed by atoms with E-state index in [9.17, 15) is 4.79 Å². The van der Waals surface area contributed by atoms with Crippen LogP contribution in [0.4, 0.5) is 0 Å². The third-order valence-electron chi connectivity index (χ3n) is 3.81. The van der Waals surface area contributed by atoms with E-state index in [1.54, 1.807) is 0 Å². The van der Waals surface area contributed by atoms with Crippen molar-refractivity contribution in [1.82, 2.24) is 0 Å². The van der Waals surface area contributed by atoms with E-state index in [-0.39, 0.29) is 12.0 Å². The molecule has 17 heavy (non-hydrogen) atoms. The lowest BCUT2D eigenvalue weighted by Gasteiger charge is -2.19. The number of hydrogen-bond donors (Lipinski definition) is 1. The van der Waals surface area contributed by atoms with Gasteiger partial charge in [-0.05, 0) is 32.1 Å². The van der Waals surface area contributed by atoms with Crippen molar-refractivity contribution in [2.45, 2.75) is 70.3 Å². The van der Waals surface area contributed by atoms with Crippen LogP contribution in [0.25, 0.3) is 0 Å². The van der Waals surface area contributed by atoms with E-state index in [2.05, 4.69) is 6.58 Å². The summed E-state index contributed by atoms with van der Waals surface area (Å²) in [5.41, 5.74) is 6.10. The lowest BCUT2D eigenvalue weighted by atomic mass is 9.88. The smallest absolute Gasteiger partial charge is 0.137 e. The Hall–Kier alpha value is -0.630. The predicted octanol–water partition coefficient (Wildman–Crippen LogP) is 3.60. The molecule has 0 saturated heterocycles. The summed E-state index contributed by atoms with van der Waals surface area (Å²) in [6.45, 7) is 3.70. The van der Waals surface area contributed by atoms with Crippen LogP contribution in [0.5, 0.6) is 0 Å². The molecule has 1 aliphatic carbocycles. The number of unbranched alkanes of at least 4 members (excludes halogenated alkanes) is 3. The second kappa shape index (κ2) is 8.46. The fourth-order valence-electron chi connectivity index (χ4n) is 2.69. The normalized spacial score (nSPS) is 25.2. The van der Waals surface area contributed by atoms with Crippen molar-refractivity contribution in [2.75, 3.05) is 0 Å². The molecule has 1 aliphatic rings. The fraction of sp³-hybridized carbons (Fsp3) is 0.800. The van der Waals surface area contributed by atoms with E-state index in [0.717, 1.165) is 44.9 Å². The number of hydrogen-bond acceptors (Lipinski definition) is 2. The predicted molar refractivity (Wildman–Crippen MR) is 72.8 cm³/mol. The summed E-state index contributed by atoms with van der Waals surface area (Å²) < 4.78 is 0. The fourth-order valence-corrected chi connectivity index (χ4v) is 2.69. The summed E-state index contributed by atoms with van der Waals surface area (Å²) in [5, 5.41) is 0. The molecule has 1 fully saturated rings. The lowest BCUT2D eigenvalue weighted by molar-refractivity contribution is -0.123. The highest BCUT2D eigenvalue weighted by atomic mass is 16.1. The molecule has 2 atom stereocenters. The molecule has 0 bridgehead atoms. The Morgan fingerprint density at radius 2 is 1.94 bits per heavy atom. The Kier molecular flexibility index (Phi) is 7.18. The molecule has 2 unspecified atom stereocenters. The van der Waals surface area contributed by atoms with Crippen molar-refractivity contribution in [2.24, 2.45) is 11.7 Å². The van der Waals surface area contributed by atoms with E-state index < -0.39 is 0 Å². The quantitative estimate of drug-likeness (QED) is 0.417. The van der Waals surface area contributed by atoms with Crippen molar-refractivity contribution >= 4 is 5.78 Å². The third kappa shape index (κ3) is 5.49. The van der Waals surface area contributed by atoms with Gasteiger partial charge in [0, 0.05) is 18.4 Å². The van der Waals surface area contributed by atoms with Crippen molar-refractivity contribution in [3.05, 3.63) is 12.7 Å². The number of rotatable bonds is 7. The first kappa shape index (κ1) is 14.4. The standard InChI is InChI=1S/C15H27NO/c1-2-3-4-5-9-12-15(17)13-10-7-6-8-11-14(13)16/h2,13-14H,1,3-12,16H2. The Morgan fingerprint density at radius 3 is 2.71 bits per heavy atom. The van der Waals surface area contributed by atoms with Gasteiger partial charge in [-0.1, -0.05) is 31.8 Å². The Morgan fingerprint density at radius 1 is 1.18 bits per heavy atom. The molecule has 0 aliphatic heterocycles. The minimum atomic E-state index is 0.123. The van der Waals surface area contributed by atoms with Crippen molar-refractivity contribution in [3.63, 3.8) is 0 Å². The molecule has 0 aromatic heterocycles. The van der Waals surface area contributed by atoms with Gasteiger partial charge in [0.05, 0.1) is 0 Å². The number of Topliss-reactive ketones (excluding diaryl/α,β-unsaturated/α-hetero) is 1. The van der Waals surface area contributed by atoms with Crippen LogP contribution in [0, 0.1) is 5.92 Å². The molecule has 0 amide bonds. The van der Waals surface area contributed by atoms with E-state index in [1.165, 1.54) is 19.3 Å². The molecule has 2 nitrogen and oxygen atoms in total. The highest BCUT2D eigenvalue weighted by molar-refractivity contribution is 5.81. The van der Waals surface area contributed by atoms with Crippen LogP contribution in [-0.2, 0) is 4.79 Å². The van der Waals surface area contributed by atoms with E-state index in [4.69, 9.17) is 5.73 Å². The average molecular weight is 237 g/mol. The SMILES string of the molecule is C=CCCCCCC(=O)C1CCCCCC1N. The van der Waals surface area contributed by atoms with Gasteiger partial charge < -0.3 is 5.73 Å². The molecule has 0 heterocycles.